The van der Waals surface area contributed by atoms with Crippen molar-refractivity contribution in [1.29, 1.82) is 0 Å². The van der Waals surface area contributed by atoms with Crippen LogP contribution < -0.4 is 18.4 Å². The predicted molar refractivity (Wildman–Crippen MR) is 156 cm³/mol. The molecule has 3 rings (SSSR count). The minimum Gasteiger partial charge on any atom is -0.493 e. The second-order valence-electron chi connectivity index (χ2n) is 10.0. The van der Waals surface area contributed by atoms with Crippen LogP contribution in [0.4, 0.5) is 0 Å². The van der Waals surface area contributed by atoms with Gasteiger partial charge in [0.15, 0.2) is 0 Å². The summed E-state index contributed by atoms with van der Waals surface area (Å²) in [6.45, 7) is 8.36. The van der Waals surface area contributed by atoms with Gasteiger partial charge in [0.25, 0.3) is 0 Å². The number of esters is 1. The maximum absolute atomic E-state index is 12.5. The van der Waals surface area contributed by atoms with Gasteiger partial charge in [0.1, 0.15) is 33.8 Å². The van der Waals surface area contributed by atoms with Crippen molar-refractivity contribution >= 4 is 27.8 Å². The molecule has 0 amide bonds. The Morgan fingerprint density at radius 2 is 1.31 bits per heavy atom. The van der Waals surface area contributed by atoms with E-state index in [1.807, 2.05) is 52.0 Å². The lowest BCUT2D eigenvalue weighted by Crippen LogP contribution is -2.22. The average Bonchev–Trinajstić information content (AvgIpc) is 2.85. The predicted octanol–water partition coefficient (Wildman–Crippen LogP) is 6.09. The van der Waals surface area contributed by atoms with Crippen LogP contribution in [0.5, 0.6) is 23.0 Å². The molecule has 9 heteroatoms. The molecule has 1 unspecified atom stereocenters. The summed E-state index contributed by atoms with van der Waals surface area (Å²) in [7, 11) is -3.56. The van der Waals surface area contributed by atoms with E-state index < -0.39 is 10.1 Å². The first-order valence-electron chi connectivity index (χ1n) is 12.7. The highest BCUT2D eigenvalue weighted by atomic mass is 32.2. The Kier molecular flexibility index (Phi) is 10.7. The Balaban J connectivity index is 1.36. The fourth-order valence-electron chi connectivity index (χ4n) is 3.48. The van der Waals surface area contributed by atoms with Gasteiger partial charge in [-0.05, 0) is 99.5 Å². The van der Waals surface area contributed by atoms with E-state index in [4.69, 9.17) is 18.4 Å². The summed E-state index contributed by atoms with van der Waals surface area (Å²) >= 11 is 1.57. The van der Waals surface area contributed by atoms with Gasteiger partial charge in [-0.3, -0.25) is 4.79 Å². The fraction of sp³-hybridized carbons (Fsp3) is 0.367. The average molecular weight is 573 g/mol. The smallest absolute Gasteiger partial charge is 0.324 e. The first-order chi connectivity index (χ1) is 18.4. The highest BCUT2D eigenvalue weighted by Crippen LogP contribution is 2.22. The number of carbonyl (C=O) groups excluding carboxylic acids is 1. The van der Waals surface area contributed by atoms with Gasteiger partial charge in [0, 0.05) is 6.42 Å². The second kappa shape index (κ2) is 13.8. The summed E-state index contributed by atoms with van der Waals surface area (Å²) in [6, 6.07) is 21.8. The van der Waals surface area contributed by atoms with Gasteiger partial charge in [-0.2, -0.15) is 8.42 Å². The van der Waals surface area contributed by atoms with Crippen LogP contribution in [0, 0.1) is 0 Å². The maximum atomic E-state index is 12.5. The van der Waals surface area contributed by atoms with E-state index in [0.717, 1.165) is 29.7 Å². The lowest BCUT2D eigenvalue weighted by atomic mass is 10.1. The van der Waals surface area contributed by atoms with Crippen molar-refractivity contribution in [1.82, 2.24) is 0 Å². The quantitative estimate of drug-likeness (QED) is 0.138. The third-order valence-electron chi connectivity index (χ3n) is 5.31. The lowest BCUT2D eigenvalue weighted by Gasteiger charge is -2.21. The zero-order valence-electron chi connectivity index (χ0n) is 23.0. The normalized spacial score (nSPS) is 12.4. The molecule has 210 valence electrons. The monoisotopic (exact) mass is 572 g/mol. The number of ether oxygens (including phenoxy) is 3. The van der Waals surface area contributed by atoms with Crippen LogP contribution in [0.15, 0.2) is 72.8 Å². The third kappa shape index (κ3) is 11.6. The highest BCUT2D eigenvalue weighted by Gasteiger charge is 2.16. The molecule has 0 saturated carbocycles. The second-order valence-corrected chi connectivity index (χ2v) is 13.1. The largest absolute Gasteiger partial charge is 0.493 e. The number of thioether (sulfide) groups is 1. The molecular formula is C30H36O7S2. The van der Waals surface area contributed by atoms with Gasteiger partial charge in [0.2, 0.25) is 0 Å². The Hall–Kier alpha value is -3.17. The standard InChI is InChI=1S/C30H36O7S2/c1-22(38-21-19-24-8-12-27(13-9-24)36-30(2,3)4)29(31)35-26-10-6-23(7-11-26)18-20-34-25-14-16-28(17-15-25)37-39(5,32)33/h6-17,22H,18-21H2,1-5H3. The number of carbonyl (C=O) groups is 1. The van der Waals surface area contributed by atoms with Crippen molar-refractivity contribution in [2.75, 3.05) is 18.6 Å². The minimum absolute atomic E-state index is 0.225. The van der Waals surface area contributed by atoms with Crippen molar-refractivity contribution in [2.24, 2.45) is 0 Å². The van der Waals surface area contributed by atoms with Crippen LogP contribution in [0.2, 0.25) is 0 Å². The number of benzene rings is 3. The molecule has 0 radical (unpaired) electrons. The third-order valence-corrected chi connectivity index (χ3v) is 6.94. The van der Waals surface area contributed by atoms with Crippen LogP contribution in [0.25, 0.3) is 0 Å². The molecule has 3 aromatic carbocycles. The molecule has 0 aromatic heterocycles. The molecule has 3 aromatic rings. The van der Waals surface area contributed by atoms with E-state index >= 15 is 0 Å². The van der Waals surface area contributed by atoms with Gasteiger partial charge in [-0.25, -0.2) is 0 Å². The van der Waals surface area contributed by atoms with Crippen LogP contribution in [-0.4, -0.2) is 43.9 Å². The first-order valence-corrected chi connectivity index (χ1v) is 15.6. The van der Waals surface area contributed by atoms with E-state index in [1.165, 1.54) is 5.56 Å². The van der Waals surface area contributed by atoms with Crippen LogP contribution in [-0.2, 0) is 27.8 Å². The van der Waals surface area contributed by atoms with Crippen molar-refractivity contribution in [2.45, 2.75) is 51.4 Å². The lowest BCUT2D eigenvalue weighted by molar-refractivity contribution is -0.133. The molecule has 0 aliphatic carbocycles. The van der Waals surface area contributed by atoms with Crippen molar-refractivity contribution in [3.05, 3.63) is 83.9 Å². The molecule has 0 aliphatic rings. The molecule has 0 spiro atoms. The van der Waals surface area contributed by atoms with E-state index in [-0.39, 0.29) is 22.6 Å². The van der Waals surface area contributed by atoms with E-state index in [9.17, 15) is 13.2 Å². The summed E-state index contributed by atoms with van der Waals surface area (Å²) in [5.74, 6) is 2.74. The molecule has 1 atom stereocenters. The topological polar surface area (TPSA) is 88.1 Å². The van der Waals surface area contributed by atoms with Crippen LogP contribution in [0.1, 0.15) is 38.8 Å². The van der Waals surface area contributed by atoms with Gasteiger partial charge in [0.05, 0.1) is 12.9 Å². The van der Waals surface area contributed by atoms with E-state index in [1.54, 1.807) is 48.2 Å². The number of rotatable bonds is 13. The Labute approximate surface area is 235 Å². The number of aryl methyl sites for hydroxylation is 1. The summed E-state index contributed by atoms with van der Waals surface area (Å²) in [4.78, 5) is 12.5. The zero-order valence-corrected chi connectivity index (χ0v) is 24.6. The summed E-state index contributed by atoms with van der Waals surface area (Å²) in [5.41, 5.74) is 2.01. The van der Waals surface area contributed by atoms with E-state index in [2.05, 4.69) is 12.1 Å². The van der Waals surface area contributed by atoms with E-state index in [0.29, 0.717) is 24.5 Å². The summed E-state index contributed by atoms with van der Waals surface area (Å²) < 4.78 is 44.3. The molecule has 0 N–H and O–H groups in total. The van der Waals surface area contributed by atoms with Crippen molar-refractivity contribution in [3.63, 3.8) is 0 Å². The van der Waals surface area contributed by atoms with Crippen LogP contribution in [0.3, 0.4) is 0 Å². The van der Waals surface area contributed by atoms with Gasteiger partial charge >= 0.3 is 16.1 Å². The molecule has 0 fully saturated rings. The Bertz CT molecular complexity index is 1300. The zero-order chi connectivity index (χ0) is 28.5. The summed E-state index contributed by atoms with van der Waals surface area (Å²) in [6.07, 6.45) is 2.51. The van der Waals surface area contributed by atoms with Crippen molar-refractivity contribution < 1.29 is 31.6 Å². The molecular weight excluding hydrogens is 536 g/mol. The Morgan fingerprint density at radius 3 is 1.87 bits per heavy atom. The summed E-state index contributed by atoms with van der Waals surface area (Å²) in [5, 5.41) is -0.282. The first kappa shape index (κ1) is 30.4. The van der Waals surface area contributed by atoms with Gasteiger partial charge in [-0.15, -0.1) is 11.8 Å². The van der Waals surface area contributed by atoms with Gasteiger partial charge in [-0.1, -0.05) is 24.3 Å². The molecule has 0 aliphatic heterocycles. The van der Waals surface area contributed by atoms with Gasteiger partial charge < -0.3 is 18.4 Å². The SMILES string of the molecule is CC(SCCc1ccc(OC(C)(C)C)cc1)C(=O)Oc1ccc(CCOc2ccc(OS(C)(=O)=O)cc2)cc1. The molecule has 0 heterocycles. The van der Waals surface area contributed by atoms with Crippen LogP contribution >= 0.6 is 11.8 Å². The maximum Gasteiger partial charge on any atom is 0.324 e. The minimum atomic E-state index is -3.56. The highest BCUT2D eigenvalue weighted by molar-refractivity contribution is 8.00. The molecule has 0 saturated heterocycles. The molecule has 39 heavy (non-hydrogen) atoms. The molecule has 7 nitrogen and oxygen atoms in total. The fourth-order valence-corrected chi connectivity index (χ4v) is 4.83. The van der Waals surface area contributed by atoms with Crippen molar-refractivity contribution in [3.8, 4) is 23.0 Å². The number of hydrogen-bond acceptors (Lipinski definition) is 8. The Morgan fingerprint density at radius 1 is 0.795 bits per heavy atom. The molecule has 0 bridgehead atoms. The number of hydrogen-bond donors (Lipinski definition) is 0.